The molecule has 0 aliphatic carbocycles. The van der Waals surface area contributed by atoms with E-state index in [1.165, 1.54) is 11.1 Å². The molecular formula is C17H26ClN3O2. The number of halogens is 1. The Hall–Kier alpha value is -1.46. The zero-order valence-electron chi connectivity index (χ0n) is 14.1. The first-order chi connectivity index (χ1) is 10.8. The lowest BCUT2D eigenvalue weighted by atomic mass is 9.98. The van der Waals surface area contributed by atoms with E-state index >= 15 is 0 Å². The number of nitrogens with two attached hydrogens (primary N) is 1. The number of hydrogen-bond acceptors (Lipinski definition) is 4. The molecule has 1 heterocycles. The standard InChI is InChI=1S/C17H26ClN3O2/c1-17(2,3)23-16(22)20-8-4-9-21-10-7-13-12(11-21)5-6-14(18)15(13)19/h5-6H,4,7-11,19H2,1-3H3,(H,20,22). The third-order valence-electron chi connectivity index (χ3n) is 3.79. The number of rotatable bonds is 4. The molecule has 0 aromatic heterocycles. The zero-order chi connectivity index (χ0) is 17.0. The molecule has 128 valence electrons. The highest BCUT2D eigenvalue weighted by Crippen LogP contribution is 2.30. The second-order valence-electron chi connectivity index (χ2n) is 6.91. The van der Waals surface area contributed by atoms with Gasteiger partial charge in [-0.15, -0.1) is 0 Å². The van der Waals surface area contributed by atoms with Crippen LogP contribution in [0.15, 0.2) is 12.1 Å². The van der Waals surface area contributed by atoms with Crippen LogP contribution in [-0.4, -0.2) is 36.2 Å². The SMILES string of the molecule is CC(C)(C)OC(=O)NCCCN1CCc2c(ccc(Cl)c2N)C1. The largest absolute Gasteiger partial charge is 0.444 e. The Morgan fingerprint density at radius 1 is 1.43 bits per heavy atom. The summed E-state index contributed by atoms with van der Waals surface area (Å²) < 4.78 is 5.21. The molecule has 6 heteroatoms. The number of anilines is 1. The van der Waals surface area contributed by atoms with E-state index in [4.69, 9.17) is 22.1 Å². The van der Waals surface area contributed by atoms with Crippen molar-refractivity contribution in [3.63, 3.8) is 0 Å². The molecule has 2 rings (SSSR count). The van der Waals surface area contributed by atoms with Gasteiger partial charge in [0.1, 0.15) is 5.60 Å². The van der Waals surface area contributed by atoms with Crippen molar-refractivity contribution in [2.45, 2.75) is 45.8 Å². The Bertz CT molecular complexity index is 570. The maximum atomic E-state index is 11.6. The van der Waals surface area contributed by atoms with Gasteiger partial charge in [0, 0.05) is 26.2 Å². The molecule has 1 amide bonds. The van der Waals surface area contributed by atoms with Gasteiger partial charge < -0.3 is 15.8 Å². The predicted molar refractivity (Wildman–Crippen MR) is 93.7 cm³/mol. The number of nitrogens with one attached hydrogen (secondary N) is 1. The molecule has 0 spiro atoms. The molecule has 0 unspecified atom stereocenters. The predicted octanol–water partition coefficient (Wildman–Crippen LogP) is 3.20. The fourth-order valence-electron chi connectivity index (χ4n) is 2.71. The smallest absolute Gasteiger partial charge is 0.407 e. The summed E-state index contributed by atoms with van der Waals surface area (Å²) in [6, 6.07) is 3.92. The average Bonchev–Trinajstić information content (AvgIpc) is 2.46. The summed E-state index contributed by atoms with van der Waals surface area (Å²) in [6.45, 7) is 8.95. The van der Waals surface area contributed by atoms with Crippen LogP contribution in [-0.2, 0) is 17.7 Å². The van der Waals surface area contributed by atoms with Crippen LogP contribution in [0.4, 0.5) is 10.5 Å². The van der Waals surface area contributed by atoms with Crippen molar-refractivity contribution in [1.82, 2.24) is 10.2 Å². The number of nitrogen functional groups attached to an aromatic ring is 1. The molecule has 1 aromatic rings. The van der Waals surface area contributed by atoms with Gasteiger partial charge in [-0.2, -0.15) is 0 Å². The van der Waals surface area contributed by atoms with E-state index in [2.05, 4.69) is 16.3 Å². The number of carbonyl (C=O) groups is 1. The molecule has 3 N–H and O–H groups in total. The third kappa shape index (κ3) is 5.29. The van der Waals surface area contributed by atoms with Crippen molar-refractivity contribution >= 4 is 23.4 Å². The van der Waals surface area contributed by atoms with Gasteiger partial charge in [-0.1, -0.05) is 17.7 Å². The van der Waals surface area contributed by atoms with E-state index in [0.29, 0.717) is 11.6 Å². The van der Waals surface area contributed by atoms with Crippen LogP contribution in [0.5, 0.6) is 0 Å². The summed E-state index contributed by atoms with van der Waals surface area (Å²) in [4.78, 5) is 13.9. The van der Waals surface area contributed by atoms with Crippen molar-refractivity contribution in [3.05, 3.63) is 28.3 Å². The number of amides is 1. The van der Waals surface area contributed by atoms with E-state index < -0.39 is 5.60 Å². The highest BCUT2D eigenvalue weighted by atomic mass is 35.5. The van der Waals surface area contributed by atoms with Gasteiger partial charge in [-0.05, 0) is 50.8 Å². The van der Waals surface area contributed by atoms with Crippen LogP contribution in [0.3, 0.4) is 0 Å². The molecule has 5 nitrogen and oxygen atoms in total. The van der Waals surface area contributed by atoms with Crippen molar-refractivity contribution in [3.8, 4) is 0 Å². The van der Waals surface area contributed by atoms with Gasteiger partial charge in [0.05, 0.1) is 10.7 Å². The quantitative estimate of drug-likeness (QED) is 0.653. The summed E-state index contributed by atoms with van der Waals surface area (Å²) in [5.41, 5.74) is 8.73. The molecular weight excluding hydrogens is 314 g/mol. The van der Waals surface area contributed by atoms with Gasteiger partial charge in [-0.3, -0.25) is 4.90 Å². The van der Waals surface area contributed by atoms with Crippen LogP contribution < -0.4 is 11.1 Å². The van der Waals surface area contributed by atoms with E-state index in [-0.39, 0.29) is 6.09 Å². The lowest BCUT2D eigenvalue weighted by molar-refractivity contribution is 0.0525. The van der Waals surface area contributed by atoms with Crippen LogP contribution >= 0.6 is 11.6 Å². The van der Waals surface area contributed by atoms with Gasteiger partial charge in [0.25, 0.3) is 0 Å². The normalized spacial score (nSPS) is 15.1. The van der Waals surface area contributed by atoms with Crippen molar-refractivity contribution in [2.24, 2.45) is 0 Å². The van der Waals surface area contributed by atoms with Crippen LogP contribution in [0.25, 0.3) is 0 Å². The van der Waals surface area contributed by atoms with E-state index in [1.807, 2.05) is 26.8 Å². The van der Waals surface area contributed by atoms with Crippen molar-refractivity contribution < 1.29 is 9.53 Å². The van der Waals surface area contributed by atoms with E-state index in [9.17, 15) is 4.79 Å². The highest BCUT2D eigenvalue weighted by molar-refractivity contribution is 6.33. The average molecular weight is 340 g/mol. The molecule has 0 fully saturated rings. The summed E-state index contributed by atoms with van der Waals surface area (Å²) in [5, 5.41) is 3.43. The Balaban J connectivity index is 1.74. The summed E-state index contributed by atoms with van der Waals surface area (Å²) in [7, 11) is 0. The van der Waals surface area contributed by atoms with Crippen LogP contribution in [0.1, 0.15) is 38.3 Å². The van der Waals surface area contributed by atoms with E-state index in [1.54, 1.807) is 0 Å². The molecule has 0 saturated heterocycles. The fraction of sp³-hybridized carbons (Fsp3) is 0.588. The minimum atomic E-state index is -0.456. The fourth-order valence-corrected chi connectivity index (χ4v) is 2.89. The van der Waals surface area contributed by atoms with Gasteiger partial charge in [-0.25, -0.2) is 4.79 Å². The number of fused-ring (bicyclic) bond motifs is 1. The minimum Gasteiger partial charge on any atom is -0.444 e. The van der Waals surface area contributed by atoms with Crippen LogP contribution in [0.2, 0.25) is 5.02 Å². The summed E-state index contributed by atoms with van der Waals surface area (Å²) in [6.07, 6.45) is 1.45. The van der Waals surface area contributed by atoms with Crippen molar-refractivity contribution in [1.29, 1.82) is 0 Å². The molecule has 1 aliphatic rings. The van der Waals surface area contributed by atoms with Gasteiger partial charge in [0.2, 0.25) is 0 Å². The second kappa shape index (κ2) is 7.41. The van der Waals surface area contributed by atoms with Gasteiger partial charge >= 0.3 is 6.09 Å². The Labute approximate surface area is 143 Å². The Morgan fingerprint density at radius 3 is 2.87 bits per heavy atom. The maximum absolute atomic E-state index is 11.6. The van der Waals surface area contributed by atoms with Crippen molar-refractivity contribution in [2.75, 3.05) is 25.4 Å². The monoisotopic (exact) mass is 339 g/mol. The number of carbonyl (C=O) groups excluding carboxylic acids is 1. The van der Waals surface area contributed by atoms with Gasteiger partial charge in [0.15, 0.2) is 0 Å². The first-order valence-corrected chi connectivity index (χ1v) is 8.39. The van der Waals surface area contributed by atoms with Crippen LogP contribution in [0, 0.1) is 0 Å². The third-order valence-corrected chi connectivity index (χ3v) is 4.12. The molecule has 0 saturated carbocycles. The first kappa shape index (κ1) is 17.9. The number of hydrogen-bond donors (Lipinski definition) is 2. The minimum absolute atomic E-state index is 0.357. The second-order valence-corrected chi connectivity index (χ2v) is 7.31. The number of nitrogens with zero attached hydrogens (tertiary/aromatic N) is 1. The lowest BCUT2D eigenvalue weighted by Gasteiger charge is -2.29. The number of ether oxygens (including phenoxy) is 1. The Kier molecular flexibility index (Phi) is 5.76. The molecule has 1 aliphatic heterocycles. The number of alkyl carbamates (subject to hydrolysis) is 1. The summed E-state index contributed by atoms with van der Waals surface area (Å²) in [5.74, 6) is 0. The molecule has 0 atom stereocenters. The summed E-state index contributed by atoms with van der Waals surface area (Å²) >= 11 is 6.07. The molecule has 0 radical (unpaired) electrons. The highest BCUT2D eigenvalue weighted by Gasteiger charge is 2.19. The zero-order valence-corrected chi connectivity index (χ0v) is 14.9. The number of benzene rings is 1. The topological polar surface area (TPSA) is 67.6 Å². The lowest BCUT2D eigenvalue weighted by Crippen LogP contribution is -2.36. The maximum Gasteiger partial charge on any atom is 0.407 e. The van der Waals surface area contributed by atoms with E-state index in [0.717, 1.165) is 38.2 Å². The molecule has 23 heavy (non-hydrogen) atoms. The molecule has 0 bridgehead atoms. The Morgan fingerprint density at radius 2 is 2.17 bits per heavy atom. The molecule has 1 aromatic carbocycles. The first-order valence-electron chi connectivity index (χ1n) is 8.01.